The van der Waals surface area contributed by atoms with E-state index in [4.69, 9.17) is 0 Å². The summed E-state index contributed by atoms with van der Waals surface area (Å²) in [6, 6.07) is 0.637. The Morgan fingerprint density at radius 2 is 1.36 bits per heavy atom. The maximum Gasteiger partial charge on any atom is 0.119 e. The lowest BCUT2D eigenvalue weighted by Crippen LogP contribution is -2.50. The molecule has 0 saturated heterocycles. The van der Waals surface area contributed by atoms with Gasteiger partial charge in [-0.05, 0) is 30.6 Å². The Balaban J connectivity index is 4.73. The molecule has 0 aliphatic rings. The van der Waals surface area contributed by atoms with Crippen LogP contribution in [0.1, 0.15) is 41.5 Å². The molecule has 1 unspecified atom stereocenters. The molecule has 0 saturated carbocycles. The van der Waals surface area contributed by atoms with Crippen LogP contribution in [0.5, 0.6) is 0 Å². The molecule has 3 heteroatoms. The Hall–Kier alpha value is 0.0899. The van der Waals surface area contributed by atoms with Crippen molar-refractivity contribution in [3.8, 4) is 0 Å². The maximum absolute atomic E-state index is 2.55. The fourth-order valence-corrected chi connectivity index (χ4v) is 1.85. The van der Waals surface area contributed by atoms with Crippen molar-refractivity contribution in [3.05, 3.63) is 0 Å². The Kier molecular flexibility index (Phi) is 4.77. The van der Waals surface area contributed by atoms with Crippen molar-refractivity contribution in [3.63, 3.8) is 0 Å². The van der Waals surface area contributed by atoms with Crippen molar-refractivity contribution in [1.82, 2.24) is 4.90 Å². The molecule has 0 amide bonds. The lowest BCUT2D eigenvalue weighted by atomic mass is 9.64. The first-order valence-corrected chi connectivity index (χ1v) is 5.92. The molecule has 0 fully saturated rings. The van der Waals surface area contributed by atoms with E-state index in [1.807, 2.05) is 0 Å². The lowest BCUT2D eigenvalue weighted by Gasteiger charge is -2.48. The SMILES string of the molecule is BCN(CB)C(C)C(C)(C)C(C)(C)C. The molecule has 0 aliphatic heterocycles. The molecule has 0 aromatic heterocycles. The van der Waals surface area contributed by atoms with E-state index in [-0.39, 0.29) is 0 Å². The highest BCUT2D eigenvalue weighted by Gasteiger charge is 2.39. The van der Waals surface area contributed by atoms with Gasteiger partial charge in [0.25, 0.3) is 0 Å². The summed E-state index contributed by atoms with van der Waals surface area (Å²) in [5.74, 6) is 0. The fraction of sp³-hybridized carbons (Fsp3) is 1.00. The standard InChI is InChI=1S/C11H27B2N/c1-9(14(7-12)8-13)11(5,6)10(2,3)4/h9H,7-8,12-13H2,1-6H3. The van der Waals surface area contributed by atoms with Crippen LogP contribution >= 0.6 is 0 Å². The minimum Gasteiger partial charge on any atom is -0.316 e. The van der Waals surface area contributed by atoms with E-state index >= 15 is 0 Å². The quantitative estimate of drug-likeness (QED) is 0.603. The first-order chi connectivity index (χ1) is 6.18. The summed E-state index contributed by atoms with van der Waals surface area (Å²) in [7, 11) is 4.50. The lowest BCUT2D eigenvalue weighted by molar-refractivity contribution is 0.0305. The molecule has 0 spiro atoms. The summed E-state index contributed by atoms with van der Waals surface area (Å²) in [5, 5.41) is 0. The second-order valence-corrected chi connectivity index (χ2v) is 5.87. The molecule has 0 aromatic carbocycles. The van der Waals surface area contributed by atoms with E-state index in [9.17, 15) is 0 Å². The highest BCUT2D eigenvalue weighted by atomic mass is 15.1. The summed E-state index contributed by atoms with van der Waals surface area (Å²) < 4.78 is 0. The second kappa shape index (κ2) is 4.74. The molecule has 1 atom stereocenters. The summed E-state index contributed by atoms with van der Waals surface area (Å²) in [6.45, 7) is 14.2. The van der Waals surface area contributed by atoms with Gasteiger partial charge in [0.2, 0.25) is 0 Å². The number of hydrogen-bond acceptors (Lipinski definition) is 1. The smallest absolute Gasteiger partial charge is 0.119 e. The van der Waals surface area contributed by atoms with Crippen molar-refractivity contribution in [2.24, 2.45) is 10.8 Å². The minimum atomic E-state index is 0.346. The van der Waals surface area contributed by atoms with Crippen LogP contribution in [0.25, 0.3) is 0 Å². The Bertz CT molecular complexity index is 169. The van der Waals surface area contributed by atoms with Gasteiger partial charge in [-0.1, -0.05) is 34.6 Å². The predicted octanol–water partition coefficient (Wildman–Crippen LogP) is 0.930. The van der Waals surface area contributed by atoms with Crippen molar-refractivity contribution < 1.29 is 0 Å². The highest BCUT2D eigenvalue weighted by molar-refractivity contribution is 6.11. The van der Waals surface area contributed by atoms with Gasteiger partial charge in [-0.25, -0.2) is 0 Å². The van der Waals surface area contributed by atoms with Gasteiger partial charge in [0.05, 0.1) is 0 Å². The highest BCUT2D eigenvalue weighted by Crippen LogP contribution is 2.42. The Labute approximate surface area is 92.5 Å². The largest absolute Gasteiger partial charge is 0.316 e. The molecule has 0 radical (unpaired) electrons. The molecule has 1 nitrogen and oxygen atoms in total. The van der Waals surface area contributed by atoms with Gasteiger partial charge in [-0.3, -0.25) is 0 Å². The van der Waals surface area contributed by atoms with Gasteiger partial charge in [-0.2, -0.15) is 0 Å². The van der Waals surface area contributed by atoms with Gasteiger partial charge >= 0.3 is 0 Å². The summed E-state index contributed by atoms with van der Waals surface area (Å²) in [5.41, 5.74) is 0.702. The number of hydrogen-bond donors (Lipinski definition) is 0. The third-order valence-corrected chi connectivity index (χ3v) is 4.34. The Morgan fingerprint density at radius 1 is 1.00 bits per heavy atom. The molecule has 14 heavy (non-hydrogen) atoms. The van der Waals surface area contributed by atoms with Gasteiger partial charge in [0.15, 0.2) is 0 Å². The molecule has 0 bridgehead atoms. The van der Waals surface area contributed by atoms with E-state index in [0.29, 0.717) is 16.9 Å². The summed E-state index contributed by atoms with van der Waals surface area (Å²) in [6.07, 6.45) is 2.30. The Morgan fingerprint density at radius 3 is 1.57 bits per heavy atom. The molecule has 82 valence electrons. The summed E-state index contributed by atoms with van der Waals surface area (Å²) >= 11 is 0. The molecular weight excluding hydrogens is 168 g/mol. The maximum atomic E-state index is 2.55. The van der Waals surface area contributed by atoms with Gasteiger partial charge in [0, 0.05) is 6.04 Å². The summed E-state index contributed by atoms with van der Waals surface area (Å²) in [4.78, 5) is 2.55. The fourth-order valence-electron chi connectivity index (χ4n) is 1.85. The number of nitrogens with zero attached hydrogens (tertiary/aromatic N) is 1. The van der Waals surface area contributed by atoms with Crippen LogP contribution in [-0.4, -0.2) is 39.5 Å². The van der Waals surface area contributed by atoms with E-state index in [2.05, 4.69) is 62.1 Å². The van der Waals surface area contributed by atoms with Crippen molar-refractivity contribution >= 4 is 15.7 Å². The van der Waals surface area contributed by atoms with Crippen LogP contribution in [0.3, 0.4) is 0 Å². The number of rotatable bonds is 4. The third kappa shape index (κ3) is 2.79. The van der Waals surface area contributed by atoms with E-state index in [0.717, 1.165) is 12.9 Å². The monoisotopic (exact) mass is 195 g/mol. The molecule has 0 heterocycles. The van der Waals surface area contributed by atoms with Crippen LogP contribution in [0.4, 0.5) is 0 Å². The first-order valence-electron chi connectivity index (χ1n) is 5.92. The molecule has 0 rings (SSSR count). The molecular formula is C11H27B2N. The predicted molar refractivity (Wildman–Crippen MR) is 71.4 cm³/mol. The van der Waals surface area contributed by atoms with Crippen LogP contribution in [-0.2, 0) is 0 Å². The molecule has 0 aliphatic carbocycles. The van der Waals surface area contributed by atoms with E-state index in [1.54, 1.807) is 0 Å². The zero-order chi connectivity index (χ0) is 11.6. The average Bonchev–Trinajstić information content (AvgIpc) is 2.04. The molecule has 0 aromatic rings. The molecule has 0 N–H and O–H groups in total. The van der Waals surface area contributed by atoms with Crippen LogP contribution in [0, 0.1) is 10.8 Å². The van der Waals surface area contributed by atoms with E-state index < -0.39 is 0 Å². The van der Waals surface area contributed by atoms with Crippen LogP contribution < -0.4 is 0 Å². The van der Waals surface area contributed by atoms with Crippen LogP contribution in [0.15, 0.2) is 0 Å². The topological polar surface area (TPSA) is 3.24 Å². The van der Waals surface area contributed by atoms with Gasteiger partial charge < -0.3 is 4.90 Å². The second-order valence-electron chi connectivity index (χ2n) is 5.87. The minimum absolute atomic E-state index is 0.346. The van der Waals surface area contributed by atoms with E-state index in [1.165, 1.54) is 0 Å². The van der Waals surface area contributed by atoms with Crippen molar-refractivity contribution in [2.45, 2.75) is 47.6 Å². The third-order valence-electron chi connectivity index (χ3n) is 4.34. The van der Waals surface area contributed by atoms with Crippen molar-refractivity contribution in [2.75, 3.05) is 12.9 Å². The van der Waals surface area contributed by atoms with Gasteiger partial charge in [-0.15, -0.1) is 0 Å². The zero-order valence-electron chi connectivity index (χ0n) is 11.4. The normalized spacial score (nSPS) is 15.9. The van der Waals surface area contributed by atoms with Crippen molar-refractivity contribution in [1.29, 1.82) is 0 Å². The van der Waals surface area contributed by atoms with Gasteiger partial charge in [0.1, 0.15) is 15.7 Å². The zero-order valence-corrected chi connectivity index (χ0v) is 11.4. The average molecular weight is 195 g/mol. The van der Waals surface area contributed by atoms with Crippen LogP contribution in [0.2, 0.25) is 0 Å². The first kappa shape index (κ1) is 14.1.